The van der Waals surface area contributed by atoms with Crippen LogP contribution < -0.4 is 0 Å². The van der Waals surface area contributed by atoms with Crippen molar-refractivity contribution in [2.24, 2.45) is 5.92 Å². The van der Waals surface area contributed by atoms with Crippen LogP contribution in [0.4, 0.5) is 0 Å². The Kier molecular flexibility index (Phi) is 5.73. The Morgan fingerprint density at radius 1 is 1.50 bits per heavy atom. The molecule has 0 amide bonds. The molecule has 1 heterocycles. The molecule has 18 heavy (non-hydrogen) atoms. The Morgan fingerprint density at radius 3 is 2.78 bits per heavy atom. The SMILES string of the molecule is COCCc1c(C(=O)OC)nnn1CC(C)CO. The van der Waals surface area contributed by atoms with E-state index in [9.17, 15) is 4.79 Å². The summed E-state index contributed by atoms with van der Waals surface area (Å²) in [6.45, 7) is 2.90. The lowest BCUT2D eigenvalue weighted by atomic mass is 10.2. The first-order valence-corrected chi connectivity index (χ1v) is 5.74. The molecule has 0 aromatic carbocycles. The second-order valence-electron chi connectivity index (χ2n) is 4.09. The molecule has 0 radical (unpaired) electrons. The molecule has 0 spiro atoms. The number of hydrogen-bond acceptors (Lipinski definition) is 6. The number of ether oxygens (including phenoxy) is 2. The first-order chi connectivity index (χ1) is 8.63. The van der Waals surface area contributed by atoms with Gasteiger partial charge in [-0.15, -0.1) is 5.10 Å². The maximum atomic E-state index is 11.5. The number of methoxy groups -OCH3 is 2. The van der Waals surface area contributed by atoms with E-state index in [0.717, 1.165) is 0 Å². The van der Waals surface area contributed by atoms with Crippen molar-refractivity contribution < 1.29 is 19.4 Å². The highest BCUT2D eigenvalue weighted by molar-refractivity contribution is 5.88. The predicted octanol–water partition coefficient (Wildman–Crippen LogP) is -0.118. The third-order valence-corrected chi connectivity index (χ3v) is 2.56. The summed E-state index contributed by atoms with van der Waals surface area (Å²) < 4.78 is 11.3. The minimum atomic E-state index is -0.510. The molecule has 1 aromatic heterocycles. The fourth-order valence-electron chi connectivity index (χ4n) is 1.53. The molecule has 0 bridgehead atoms. The number of aliphatic hydroxyl groups is 1. The number of aromatic nitrogens is 3. The van der Waals surface area contributed by atoms with Crippen molar-refractivity contribution in [3.8, 4) is 0 Å². The van der Waals surface area contributed by atoms with Crippen molar-refractivity contribution in [1.82, 2.24) is 15.0 Å². The smallest absolute Gasteiger partial charge is 0.360 e. The lowest BCUT2D eigenvalue weighted by molar-refractivity contribution is 0.0592. The number of aliphatic hydroxyl groups excluding tert-OH is 1. The highest BCUT2D eigenvalue weighted by Gasteiger charge is 2.20. The molecule has 102 valence electrons. The van der Waals surface area contributed by atoms with E-state index in [1.807, 2.05) is 6.92 Å². The number of nitrogens with zero attached hydrogens (tertiary/aromatic N) is 3. The van der Waals surface area contributed by atoms with Gasteiger partial charge in [-0.3, -0.25) is 0 Å². The number of rotatable bonds is 7. The van der Waals surface area contributed by atoms with Gasteiger partial charge in [0.15, 0.2) is 5.69 Å². The lowest BCUT2D eigenvalue weighted by Crippen LogP contribution is -2.17. The number of esters is 1. The first kappa shape index (κ1) is 14.6. The predicted molar refractivity (Wildman–Crippen MR) is 63.2 cm³/mol. The molecule has 0 saturated heterocycles. The highest BCUT2D eigenvalue weighted by Crippen LogP contribution is 2.10. The quantitative estimate of drug-likeness (QED) is 0.685. The largest absolute Gasteiger partial charge is 0.464 e. The normalized spacial score (nSPS) is 12.4. The number of hydrogen-bond donors (Lipinski definition) is 1. The molecule has 0 saturated carbocycles. The Balaban J connectivity index is 2.95. The highest BCUT2D eigenvalue weighted by atomic mass is 16.5. The van der Waals surface area contributed by atoms with Crippen LogP contribution in [0.2, 0.25) is 0 Å². The molecule has 1 unspecified atom stereocenters. The molecule has 7 nitrogen and oxygen atoms in total. The van der Waals surface area contributed by atoms with E-state index in [1.165, 1.54) is 7.11 Å². The van der Waals surface area contributed by atoms with E-state index < -0.39 is 5.97 Å². The van der Waals surface area contributed by atoms with E-state index in [1.54, 1.807) is 11.8 Å². The molecular weight excluding hydrogens is 238 g/mol. The molecular formula is C11H19N3O4. The van der Waals surface area contributed by atoms with Crippen molar-refractivity contribution in [1.29, 1.82) is 0 Å². The summed E-state index contributed by atoms with van der Waals surface area (Å²) in [5, 5.41) is 16.8. The molecule has 1 rings (SSSR count). The van der Waals surface area contributed by atoms with Gasteiger partial charge in [0.2, 0.25) is 0 Å². The summed E-state index contributed by atoms with van der Waals surface area (Å²) in [6, 6.07) is 0. The monoisotopic (exact) mass is 257 g/mol. The van der Waals surface area contributed by atoms with Crippen LogP contribution in [0.5, 0.6) is 0 Å². The van der Waals surface area contributed by atoms with E-state index in [4.69, 9.17) is 9.84 Å². The van der Waals surface area contributed by atoms with Crippen LogP contribution >= 0.6 is 0 Å². The topological polar surface area (TPSA) is 86.5 Å². The van der Waals surface area contributed by atoms with Crippen LogP contribution in [0, 0.1) is 5.92 Å². The maximum absolute atomic E-state index is 11.5. The second kappa shape index (κ2) is 7.07. The third-order valence-electron chi connectivity index (χ3n) is 2.56. The zero-order valence-electron chi connectivity index (χ0n) is 10.9. The summed E-state index contributed by atoms with van der Waals surface area (Å²) >= 11 is 0. The molecule has 1 N–H and O–H groups in total. The summed E-state index contributed by atoms with van der Waals surface area (Å²) in [7, 11) is 2.89. The van der Waals surface area contributed by atoms with Gasteiger partial charge >= 0.3 is 5.97 Å². The first-order valence-electron chi connectivity index (χ1n) is 5.74. The van der Waals surface area contributed by atoms with Crippen LogP contribution in [0.15, 0.2) is 0 Å². The Labute approximate surface area is 106 Å². The molecule has 0 fully saturated rings. The zero-order chi connectivity index (χ0) is 13.5. The Bertz CT molecular complexity index is 392. The number of carbonyl (C=O) groups is 1. The van der Waals surface area contributed by atoms with Crippen LogP contribution in [0.1, 0.15) is 23.1 Å². The minimum Gasteiger partial charge on any atom is -0.464 e. The molecule has 1 aromatic rings. The van der Waals surface area contributed by atoms with Crippen molar-refractivity contribution in [3.63, 3.8) is 0 Å². The average molecular weight is 257 g/mol. The zero-order valence-corrected chi connectivity index (χ0v) is 10.9. The standard InChI is InChI=1S/C11H19N3O4/c1-8(7-15)6-14-9(4-5-17-2)10(12-13-14)11(16)18-3/h8,15H,4-7H2,1-3H3. The summed E-state index contributed by atoms with van der Waals surface area (Å²) in [6.07, 6.45) is 0.520. The van der Waals surface area contributed by atoms with E-state index in [0.29, 0.717) is 25.3 Å². The average Bonchev–Trinajstić information content (AvgIpc) is 2.78. The Hall–Kier alpha value is -1.47. The Morgan fingerprint density at radius 2 is 2.22 bits per heavy atom. The van der Waals surface area contributed by atoms with Crippen molar-refractivity contribution >= 4 is 5.97 Å². The lowest BCUT2D eigenvalue weighted by Gasteiger charge is -2.10. The van der Waals surface area contributed by atoms with Crippen molar-refractivity contribution in [3.05, 3.63) is 11.4 Å². The van der Waals surface area contributed by atoms with Gasteiger partial charge in [-0.2, -0.15) is 0 Å². The third kappa shape index (κ3) is 3.51. The van der Waals surface area contributed by atoms with E-state index >= 15 is 0 Å². The summed E-state index contributed by atoms with van der Waals surface area (Å²) in [5.74, 6) is -0.470. The van der Waals surface area contributed by atoms with Crippen molar-refractivity contribution in [2.75, 3.05) is 27.4 Å². The number of carbonyl (C=O) groups excluding carboxylic acids is 1. The maximum Gasteiger partial charge on any atom is 0.360 e. The van der Waals surface area contributed by atoms with Crippen LogP contribution in [0.3, 0.4) is 0 Å². The fraction of sp³-hybridized carbons (Fsp3) is 0.727. The molecule has 1 atom stereocenters. The summed E-state index contributed by atoms with van der Waals surface area (Å²) in [5.41, 5.74) is 0.878. The second-order valence-corrected chi connectivity index (χ2v) is 4.09. The van der Waals surface area contributed by atoms with E-state index in [-0.39, 0.29) is 18.2 Å². The van der Waals surface area contributed by atoms with Crippen LogP contribution in [0.25, 0.3) is 0 Å². The molecule has 0 aliphatic heterocycles. The van der Waals surface area contributed by atoms with Gasteiger partial charge in [0, 0.05) is 26.7 Å². The van der Waals surface area contributed by atoms with E-state index in [2.05, 4.69) is 15.0 Å². The van der Waals surface area contributed by atoms with Gasteiger partial charge < -0.3 is 14.6 Å². The van der Waals surface area contributed by atoms with Gasteiger partial charge in [-0.05, 0) is 5.92 Å². The van der Waals surface area contributed by atoms with Gasteiger partial charge in [-0.25, -0.2) is 9.48 Å². The summed E-state index contributed by atoms with van der Waals surface area (Å²) in [4.78, 5) is 11.5. The molecule has 0 aliphatic carbocycles. The van der Waals surface area contributed by atoms with Crippen LogP contribution in [-0.2, 0) is 22.4 Å². The van der Waals surface area contributed by atoms with Gasteiger partial charge in [0.05, 0.1) is 19.4 Å². The van der Waals surface area contributed by atoms with Gasteiger partial charge in [0.25, 0.3) is 0 Å². The van der Waals surface area contributed by atoms with Gasteiger partial charge in [-0.1, -0.05) is 12.1 Å². The van der Waals surface area contributed by atoms with Crippen LogP contribution in [-0.4, -0.2) is 53.5 Å². The van der Waals surface area contributed by atoms with Gasteiger partial charge in [0.1, 0.15) is 0 Å². The molecule has 7 heteroatoms. The molecule has 0 aliphatic rings. The minimum absolute atomic E-state index is 0.0403. The fourth-order valence-corrected chi connectivity index (χ4v) is 1.53. The van der Waals surface area contributed by atoms with Crippen molar-refractivity contribution in [2.45, 2.75) is 19.9 Å².